The van der Waals surface area contributed by atoms with Gasteiger partial charge in [0, 0.05) is 22.9 Å². The Morgan fingerprint density at radius 1 is 0.949 bits per heavy atom. The van der Waals surface area contributed by atoms with Crippen molar-refractivity contribution >= 4 is 27.0 Å². The molecular weight excluding hydrogens is 514 g/mol. The molecule has 39 heavy (non-hydrogen) atoms. The van der Waals surface area contributed by atoms with Crippen LogP contribution in [0.15, 0.2) is 80.8 Å². The van der Waals surface area contributed by atoms with Crippen LogP contribution in [0, 0.1) is 26.7 Å². The molecule has 0 bridgehead atoms. The summed E-state index contributed by atoms with van der Waals surface area (Å²) in [6.07, 6.45) is 0.990. The highest BCUT2D eigenvalue weighted by Gasteiger charge is 2.32. The second-order valence-electron chi connectivity index (χ2n) is 9.94. The van der Waals surface area contributed by atoms with E-state index in [9.17, 15) is 18.0 Å². The largest absolute Gasteiger partial charge is 0.425 e. The van der Waals surface area contributed by atoms with Crippen molar-refractivity contribution in [3.8, 4) is 5.75 Å². The lowest BCUT2D eigenvalue weighted by Crippen LogP contribution is -2.47. The third-order valence-corrected chi connectivity index (χ3v) is 8.63. The SMILES string of the molecule is CCC(C)C(NS(=O)(=O)c1ccc(C)cc1)C(=O)Oc1ccc2c(C)c(Cc3ccccc3)c(=O)oc2c1C. The number of hydrogen-bond acceptors (Lipinski definition) is 6. The average Bonchev–Trinajstić information content (AvgIpc) is 2.92. The average molecular weight is 548 g/mol. The minimum Gasteiger partial charge on any atom is -0.425 e. The molecule has 0 aliphatic rings. The first-order valence-electron chi connectivity index (χ1n) is 12.9. The van der Waals surface area contributed by atoms with E-state index in [-0.39, 0.29) is 16.6 Å². The smallest absolute Gasteiger partial charge is 0.340 e. The number of ether oxygens (including phenoxy) is 1. The van der Waals surface area contributed by atoms with Crippen molar-refractivity contribution in [2.45, 2.75) is 58.4 Å². The van der Waals surface area contributed by atoms with Gasteiger partial charge >= 0.3 is 11.6 Å². The molecule has 1 aromatic heterocycles. The van der Waals surface area contributed by atoms with Gasteiger partial charge in [-0.15, -0.1) is 0 Å². The van der Waals surface area contributed by atoms with Crippen molar-refractivity contribution in [1.29, 1.82) is 0 Å². The first kappa shape index (κ1) is 28.3. The van der Waals surface area contributed by atoms with Crippen LogP contribution in [0.5, 0.6) is 5.75 Å². The van der Waals surface area contributed by atoms with E-state index in [1.807, 2.05) is 51.1 Å². The highest BCUT2D eigenvalue weighted by Crippen LogP contribution is 2.30. The van der Waals surface area contributed by atoms with Gasteiger partial charge in [-0.1, -0.05) is 68.3 Å². The number of esters is 1. The van der Waals surface area contributed by atoms with Gasteiger partial charge in [-0.05, 0) is 62.1 Å². The zero-order valence-electron chi connectivity index (χ0n) is 22.8. The number of carbonyl (C=O) groups excluding carboxylic acids is 1. The molecule has 7 nitrogen and oxygen atoms in total. The summed E-state index contributed by atoms with van der Waals surface area (Å²) in [5.74, 6) is -0.866. The fourth-order valence-corrected chi connectivity index (χ4v) is 5.74. The number of aryl methyl sites for hydroxylation is 3. The number of rotatable bonds is 9. The van der Waals surface area contributed by atoms with Crippen molar-refractivity contribution in [1.82, 2.24) is 4.72 Å². The van der Waals surface area contributed by atoms with Crippen molar-refractivity contribution in [3.63, 3.8) is 0 Å². The van der Waals surface area contributed by atoms with E-state index in [0.717, 1.165) is 22.1 Å². The van der Waals surface area contributed by atoms with Gasteiger partial charge in [-0.2, -0.15) is 4.72 Å². The first-order chi connectivity index (χ1) is 18.5. The van der Waals surface area contributed by atoms with Crippen LogP contribution in [-0.2, 0) is 21.2 Å². The zero-order chi connectivity index (χ0) is 28.3. The monoisotopic (exact) mass is 547 g/mol. The molecule has 1 heterocycles. The van der Waals surface area contributed by atoms with Crippen LogP contribution in [0.4, 0.5) is 0 Å². The van der Waals surface area contributed by atoms with Gasteiger partial charge in [0.2, 0.25) is 10.0 Å². The van der Waals surface area contributed by atoms with Gasteiger partial charge in [0.05, 0.1) is 4.90 Å². The van der Waals surface area contributed by atoms with Gasteiger partial charge < -0.3 is 9.15 Å². The molecule has 4 rings (SSSR count). The van der Waals surface area contributed by atoms with Gasteiger partial charge in [-0.3, -0.25) is 0 Å². The molecule has 1 N–H and O–H groups in total. The molecule has 0 aliphatic heterocycles. The molecule has 0 fully saturated rings. The highest BCUT2D eigenvalue weighted by atomic mass is 32.2. The second kappa shape index (κ2) is 11.6. The van der Waals surface area contributed by atoms with Gasteiger partial charge in [0.25, 0.3) is 0 Å². The molecule has 0 spiro atoms. The van der Waals surface area contributed by atoms with Crippen molar-refractivity contribution in [2.75, 3.05) is 0 Å². The Kier molecular flexibility index (Phi) is 8.37. The lowest BCUT2D eigenvalue weighted by atomic mass is 9.98. The summed E-state index contributed by atoms with van der Waals surface area (Å²) >= 11 is 0. The second-order valence-corrected chi connectivity index (χ2v) is 11.7. The van der Waals surface area contributed by atoms with Crippen LogP contribution in [0.2, 0.25) is 0 Å². The van der Waals surface area contributed by atoms with E-state index < -0.39 is 27.7 Å². The van der Waals surface area contributed by atoms with E-state index >= 15 is 0 Å². The quantitative estimate of drug-likeness (QED) is 0.166. The Morgan fingerprint density at radius 3 is 2.26 bits per heavy atom. The highest BCUT2D eigenvalue weighted by molar-refractivity contribution is 7.89. The molecule has 2 unspecified atom stereocenters. The number of sulfonamides is 1. The fraction of sp³-hybridized carbons (Fsp3) is 0.290. The van der Waals surface area contributed by atoms with Crippen LogP contribution in [-0.4, -0.2) is 20.4 Å². The van der Waals surface area contributed by atoms with Crippen LogP contribution >= 0.6 is 0 Å². The zero-order valence-corrected chi connectivity index (χ0v) is 23.6. The van der Waals surface area contributed by atoms with E-state index in [1.54, 1.807) is 38.1 Å². The molecule has 3 aromatic carbocycles. The van der Waals surface area contributed by atoms with Gasteiger partial charge in [-0.25, -0.2) is 18.0 Å². The van der Waals surface area contributed by atoms with Gasteiger partial charge in [0.1, 0.15) is 17.4 Å². The minimum atomic E-state index is -3.97. The third-order valence-electron chi connectivity index (χ3n) is 7.17. The summed E-state index contributed by atoms with van der Waals surface area (Å²) < 4.78 is 40.0. The molecule has 4 aromatic rings. The Morgan fingerprint density at radius 2 is 1.62 bits per heavy atom. The Balaban J connectivity index is 1.64. The molecule has 0 amide bonds. The predicted molar refractivity (Wildman–Crippen MR) is 152 cm³/mol. The maximum Gasteiger partial charge on any atom is 0.340 e. The Hall–Kier alpha value is -3.75. The Labute approximate surface area is 228 Å². The minimum absolute atomic E-state index is 0.0691. The summed E-state index contributed by atoms with van der Waals surface area (Å²) in [5, 5.41) is 0.747. The number of benzene rings is 3. The van der Waals surface area contributed by atoms with Crippen LogP contribution < -0.4 is 15.1 Å². The third kappa shape index (κ3) is 6.13. The number of fused-ring (bicyclic) bond motifs is 1. The molecule has 0 saturated heterocycles. The summed E-state index contributed by atoms with van der Waals surface area (Å²) in [4.78, 5) is 26.3. The molecular formula is C31H33NO6S. The lowest BCUT2D eigenvalue weighted by molar-refractivity contribution is -0.137. The van der Waals surface area contributed by atoms with Crippen LogP contribution in [0.3, 0.4) is 0 Å². The summed E-state index contributed by atoms with van der Waals surface area (Å²) in [6, 6.07) is 18.4. The summed E-state index contributed by atoms with van der Waals surface area (Å²) in [7, 11) is -3.97. The van der Waals surface area contributed by atoms with Gasteiger partial charge in [0.15, 0.2) is 0 Å². The molecule has 8 heteroatoms. The van der Waals surface area contributed by atoms with Crippen molar-refractivity contribution < 1.29 is 22.4 Å². The summed E-state index contributed by atoms with van der Waals surface area (Å²) in [6.45, 7) is 9.10. The fourth-order valence-electron chi connectivity index (χ4n) is 4.44. The standard InChI is InChI=1S/C31H33NO6S/c1-6-20(3)28(32-39(35,36)24-14-12-19(2)13-15-24)31(34)37-27-17-16-25-21(4)26(18-23-10-8-7-9-11-23)30(33)38-29(25)22(27)5/h7-17,20,28,32H,6,18H2,1-5H3. The molecule has 0 saturated carbocycles. The number of carbonyl (C=O) groups is 1. The molecule has 204 valence electrons. The normalized spacial score (nSPS) is 13.3. The van der Waals surface area contributed by atoms with E-state index in [4.69, 9.17) is 9.15 Å². The van der Waals surface area contributed by atoms with E-state index in [2.05, 4.69) is 4.72 Å². The topological polar surface area (TPSA) is 103 Å². The van der Waals surface area contributed by atoms with Crippen molar-refractivity contribution in [2.24, 2.45) is 5.92 Å². The van der Waals surface area contributed by atoms with Crippen LogP contribution in [0.1, 0.15) is 48.1 Å². The maximum atomic E-state index is 13.3. The lowest BCUT2D eigenvalue weighted by Gasteiger charge is -2.23. The predicted octanol–water partition coefficient (Wildman–Crippen LogP) is 5.61. The number of nitrogens with one attached hydrogen (secondary N) is 1. The summed E-state index contributed by atoms with van der Waals surface area (Å²) in [5.41, 5.74) is 3.66. The molecule has 2 atom stereocenters. The van der Waals surface area contributed by atoms with E-state index in [1.165, 1.54) is 12.1 Å². The van der Waals surface area contributed by atoms with E-state index in [0.29, 0.717) is 29.6 Å². The van der Waals surface area contributed by atoms with Crippen molar-refractivity contribution in [3.05, 3.63) is 105 Å². The molecule has 0 radical (unpaired) electrons. The Bertz CT molecular complexity index is 1660. The number of hydrogen-bond donors (Lipinski definition) is 1. The molecule has 0 aliphatic carbocycles. The van der Waals surface area contributed by atoms with Crippen LogP contribution in [0.25, 0.3) is 11.0 Å². The maximum absolute atomic E-state index is 13.3. The first-order valence-corrected chi connectivity index (χ1v) is 14.4.